The molecule has 7 heteroatoms. The number of hydrogen-bond acceptors (Lipinski definition) is 5. The van der Waals surface area contributed by atoms with Crippen LogP contribution in [0.15, 0.2) is 35.4 Å². The summed E-state index contributed by atoms with van der Waals surface area (Å²) < 4.78 is 3.22. The van der Waals surface area contributed by atoms with Gasteiger partial charge in [0, 0.05) is 13.1 Å². The van der Waals surface area contributed by atoms with Crippen LogP contribution < -0.4 is 5.56 Å². The van der Waals surface area contributed by atoms with Crippen molar-refractivity contribution in [2.45, 2.75) is 27.3 Å². The first-order valence-corrected chi connectivity index (χ1v) is 8.24. The molecule has 0 aliphatic carbocycles. The Morgan fingerprint density at radius 2 is 2.00 bits per heavy atom. The molecule has 0 bridgehead atoms. The Morgan fingerprint density at radius 3 is 2.71 bits per heavy atom. The number of benzene rings is 1. The average molecular weight is 326 g/mol. The average Bonchev–Trinajstić information content (AvgIpc) is 3.02. The molecule has 0 aliphatic rings. The molecule has 126 valence electrons. The van der Waals surface area contributed by atoms with Crippen molar-refractivity contribution in [3.05, 3.63) is 46.5 Å². The van der Waals surface area contributed by atoms with Gasteiger partial charge in [0.2, 0.25) is 0 Å². The van der Waals surface area contributed by atoms with E-state index in [4.69, 9.17) is 0 Å². The maximum atomic E-state index is 12.6. The van der Waals surface area contributed by atoms with Gasteiger partial charge in [0.1, 0.15) is 6.33 Å². The molecule has 3 rings (SSSR count). The molecule has 0 amide bonds. The molecule has 0 unspecified atom stereocenters. The molecule has 0 spiro atoms. The number of likely N-dealkylation sites (N-methyl/N-ethyl adjacent to an activating group) is 1. The van der Waals surface area contributed by atoms with Gasteiger partial charge >= 0.3 is 0 Å². The van der Waals surface area contributed by atoms with Crippen molar-refractivity contribution >= 4 is 11.2 Å². The first-order valence-electron chi connectivity index (χ1n) is 8.24. The van der Waals surface area contributed by atoms with Crippen LogP contribution in [0.2, 0.25) is 0 Å². The molecule has 1 aromatic carbocycles. The molecule has 0 N–H and O–H groups in total. The van der Waals surface area contributed by atoms with E-state index in [1.165, 1.54) is 0 Å². The SMILES string of the molecule is CCN(CC)CCn1cnc2c(nnn2-c2cccc(C)c2)c1=O. The summed E-state index contributed by atoms with van der Waals surface area (Å²) in [4.78, 5) is 19.3. The van der Waals surface area contributed by atoms with Crippen LogP contribution in [0.3, 0.4) is 0 Å². The molecular formula is C17H22N6O. The summed E-state index contributed by atoms with van der Waals surface area (Å²) in [6.45, 7) is 9.57. The normalized spacial score (nSPS) is 11.5. The lowest BCUT2D eigenvalue weighted by Gasteiger charge is -2.18. The van der Waals surface area contributed by atoms with Crippen LogP contribution in [0.1, 0.15) is 19.4 Å². The lowest BCUT2D eigenvalue weighted by Crippen LogP contribution is -2.31. The number of fused-ring (bicyclic) bond motifs is 1. The molecule has 7 nitrogen and oxygen atoms in total. The van der Waals surface area contributed by atoms with E-state index >= 15 is 0 Å². The van der Waals surface area contributed by atoms with E-state index in [0.717, 1.165) is 30.9 Å². The van der Waals surface area contributed by atoms with Crippen molar-refractivity contribution in [1.82, 2.24) is 29.4 Å². The van der Waals surface area contributed by atoms with Gasteiger partial charge in [-0.2, -0.15) is 4.68 Å². The molecule has 0 aliphatic heterocycles. The minimum absolute atomic E-state index is 0.147. The lowest BCUT2D eigenvalue weighted by atomic mass is 10.2. The van der Waals surface area contributed by atoms with Crippen molar-refractivity contribution in [2.75, 3.05) is 19.6 Å². The molecule has 0 saturated heterocycles. The Bertz CT molecular complexity index is 893. The third-order valence-electron chi connectivity index (χ3n) is 4.23. The molecule has 0 radical (unpaired) electrons. The molecule has 0 fully saturated rings. The fourth-order valence-electron chi connectivity index (χ4n) is 2.73. The standard InChI is InChI=1S/C17H22N6O/c1-4-21(5-2)9-10-22-12-18-16-15(17(22)24)19-20-23(16)14-8-6-7-13(3)11-14/h6-8,11-12H,4-5,9-10H2,1-3H3. The van der Waals surface area contributed by atoms with E-state index in [1.54, 1.807) is 15.6 Å². The molecule has 0 atom stereocenters. The number of aromatic nitrogens is 5. The highest BCUT2D eigenvalue weighted by Crippen LogP contribution is 2.13. The fourth-order valence-corrected chi connectivity index (χ4v) is 2.73. The van der Waals surface area contributed by atoms with Gasteiger partial charge < -0.3 is 4.90 Å². The summed E-state index contributed by atoms with van der Waals surface area (Å²) in [6.07, 6.45) is 1.59. The number of aryl methyl sites for hydroxylation is 1. The third-order valence-corrected chi connectivity index (χ3v) is 4.23. The largest absolute Gasteiger partial charge is 0.302 e. The van der Waals surface area contributed by atoms with E-state index < -0.39 is 0 Å². The second-order valence-electron chi connectivity index (χ2n) is 5.78. The second kappa shape index (κ2) is 6.92. The van der Waals surface area contributed by atoms with E-state index in [0.29, 0.717) is 17.7 Å². The fraction of sp³-hybridized carbons (Fsp3) is 0.412. The monoisotopic (exact) mass is 326 g/mol. The molecular weight excluding hydrogens is 304 g/mol. The Balaban J connectivity index is 1.95. The zero-order valence-corrected chi connectivity index (χ0v) is 14.3. The van der Waals surface area contributed by atoms with E-state index in [2.05, 4.69) is 34.0 Å². The van der Waals surface area contributed by atoms with Gasteiger partial charge in [-0.3, -0.25) is 9.36 Å². The van der Waals surface area contributed by atoms with Crippen LogP contribution >= 0.6 is 0 Å². The molecule has 24 heavy (non-hydrogen) atoms. The highest BCUT2D eigenvalue weighted by atomic mass is 16.1. The zero-order valence-electron chi connectivity index (χ0n) is 14.3. The van der Waals surface area contributed by atoms with Crippen LogP contribution in [0.5, 0.6) is 0 Å². The Labute approximate surface area is 140 Å². The Morgan fingerprint density at radius 1 is 1.21 bits per heavy atom. The molecule has 3 aromatic rings. The van der Waals surface area contributed by atoms with Crippen molar-refractivity contribution < 1.29 is 0 Å². The van der Waals surface area contributed by atoms with Gasteiger partial charge in [-0.1, -0.05) is 31.2 Å². The van der Waals surface area contributed by atoms with Gasteiger partial charge in [0.25, 0.3) is 5.56 Å². The van der Waals surface area contributed by atoms with Gasteiger partial charge in [0.05, 0.1) is 5.69 Å². The predicted octanol–water partition coefficient (Wildman–Crippen LogP) is 1.63. The number of rotatable bonds is 6. The van der Waals surface area contributed by atoms with E-state index in [1.807, 2.05) is 31.2 Å². The van der Waals surface area contributed by atoms with Crippen molar-refractivity contribution in [2.24, 2.45) is 0 Å². The van der Waals surface area contributed by atoms with Crippen LogP contribution in [0.4, 0.5) is 0 Å². The smallest absolute Gasteiger partial charge is 0.283 e. The maximum Gasteiger partial charge on any atom is 0.283 e. The van der Waals surface area contributed by atoms with E-state index in [9.17, 15) is 4.79 Å². The van der Waals surface area contributed by atoms with Gasteiger partial charge in [0.15, 0.2) is 11.2 Å². The highest BCUT2D eigenvalue weighted by molar-refractivity contribution is 5.70. The van der Waals surface area contributed by atoms with Crippen molar-refractivity contribution in [3.63, 3.8) is 0 Å². The summed E-state index contributed by atoms with van der Waals surface area (Å²) >= 11 is 0. The number of nitrogens with zero attached hydrogens (tertiary/aromatic N) is 6. The van der Waals surface area contributed by atoms with Crippen LogP contribution in [0, 0.1) is 6.92 Å². The summed E-state index contributed by atoms with van der Waals surface area (Å²) in [6, 6.07) is 7.87. The van der Waals surface area contributed by atoms with Gasteiger partial charge in [-0.25, -0.2) is 4.98 Å². The Hall–Kier alpha value is -2.54. The first-order chi connectivity index (χ1) is 11.6. The topological polar surface area (TPSA) is 68.8 Å². The van der Waals surface area contributed by atoms with Crippen LogP contribution in [0.25, 0.3) is 16.9 Å². The molecule has 0 saturated carbocycles. The minimum atomic E-state index is -0.147. The molecule has 2 heterocycles. The van der Waals surface area contributed by atoms with Crippen molar-refractivity contribution in [3.8, 4) is 5.69 Å². The predicted molar refractivity (Wildman–Crippen MR) is 93.4 cm³/mol. The summed E-state index contributed by atoms with van der Waals surface area (Å²) in [5, 5.41) is 8.17. The van der Waals surface area contributed by atoms with Crippen LogP contribution in [-0.4, -0.2) is 49.1 Å². The zero-order chi connectivity index (χ0) is 17.1. The summed E-state index contributed by atoms with van der Waals surface area (Å²) in [5.41, 5.74) is 2.61. The summed E-state index contributed by atoms with van der Waals surface area (Å²) in [5.74, 6) is 0. The van der Waals surface area contributed by atoms with Gasteiger partial charge in [-0.05, 0) is 37.7 Å². The van der Waals surface area contributed by atoms with Crippen LogP contribution in [-0.2, 0) is 6.54 Å². The lowest BCUT2D eigenvalue weighted by molar-refractivity contribution is 0.289. The molecule has 2 aromatic heterocycles. The second-order valence-corrected chi connectivity index (χ2v) is 5.78. The maximum absolute atomic E-state index is 12.6. The Kier molecular flexibility index (Phi) is 4.71. The van der Waals surface area contributed by atoms with E-state index in [-0.39, 0.29) is 5.56 Å². The number of hydrogen-bond donors (Lipinski definition) is 0. The van der Waals surface area contributed by atoms with Gasteiger partial charge in [-0.15, -0.1) is 5.10 Å². The van der Waals surface area contributed by atoms with Crippen molar-refractivity contribution in [1.29, 1.82) is 0 Å². The third kappa shape index (κ3) is 3.07. The first kappa shape index (κ1) is 16.3. The summed E-state index contributed by atoms with van der Waals surface area (Å²) in [7, 11) is 0. The quantitative estimate of drug-likeness (QED) is 0.688. The highest BCUT2D eigenvalue weighted by Gasteiger charge is 2.13. The minimum Gasteiger partial charge on any atom is -0.302 e.